The number of hydrogen-bond acceptors (Lipinski definition) is 6. The van der Waals surface area contributed by atoms with Crippen LogP contribution >= 0.6 is 27.7 Å². The molecular formula is C36H33BrFN3O4S. The molecule has 4 aromatic carbocycles. The Morgan fingerprint density at radius 1 is 0.935 bits per heavy atom. The number of rotatable bonds is 11. The van der Waals surface area contributed by atoms with Gasteiger partial charge in [-0.05, 0) is 131 Å². The van der Waals surface area contributed by atoms with Crippen LogP contribution in [0.2, 0.25) is 0 Å². The number of ether oxygens (including phenoxy) is 2. The molecule has 0 aromatic heterocycles. The second-order valence-corrected chi connectivity index (χ2v) is 12.2. The van der Waals surface area contributed by atoms with Gasteiger partial charge in [0.25, 0.3) is 11.8 Å². The van der Waals surface area contributed by atoms with Gasteiger partial charge in [-0.25, -0.2) is 9.38 Å². The summed E-state index contributed by atoms with van der Waals surface area (Å²) in [5.41, 5.74) is 5.04. The Morgan fingerprint density at radius 2 is 1.59 bits per heavy atom. The minimum atomic E-state index is -0.414. The zero-order chi connectivity index (χ0) is 32.6. The summed E-state index contributed by atoms with van der Waals surface area (Å²) in [6, 6.07) is 25.0. The molecule has 0 atom stereocenters. The lowest BCUT2D eigenvalue weighted by atomic mass is 10.1. The van der Waals surface area contributed by atoms with Crippen LogP contribution in [0, 0.1) is 5.82 Å². The van der Waals surface area contributed by atoms with Crippen molar-refractivity contribution in [3.05, 3.63) is 117 Å². The van der Waals surface area contributed by atoms with E-state index in [0.29, 0.717) is 43.9 Å². The summed E-state index contributed by atoms with van der Waals surface area (Å²) in [5, 5.41) is 3.23. The van der Waals surface area contributed by atoms with Gasteiger partial charge in [-0.1, -0.05) is 38.1 Å². The Labute approximate surface area is 280 Å². The molecule has 10 heteroatoms. The second-order valence-electron chi connectivity index (χ2n) is 10.3. The minimum Gasteiger partial charge on any atom is -0.490 e. The van der Waals surface area contributed by atoms with Crippen LogP contribution < -0.4 is 19.7 Å². The summed E-state index contributed by atoms with van der Waals surface area (Å²) < 4.78 is 25.5. The molecule has 1 aliphatic heterocycles. The van der Waals surface area contributed by atoms with Gasteiger partial charge in [0.15, 0.2) is 23.3 Å². The van der Waals surface area contributed by atoms with E-state index in [1.807, 2.05) is 55.5 Å². The number of hydrogen-bond donors (Lipinski definition) is 1. The summed E-state index contributed by atoms with van der Waals surface area (Å²) in [5.74, 6) is -0.242. The fraction of sp³-hybridized carbons (Fsp3) is 0.194. The van der Waals surface area contributed by atoms with Crippen LogP contribution in [-0.4, -0.2) is 30.2 Å². The molecule has 2 amide bonds. The highest BCUT2D eigenvalue weighted by Gasteiger charge is 2.35. The lowest BCUT2D eigenvalue weighted by Gasteiger charge is -2.16. The fourth-order valence-electron chi connectivity index (χ4n) is 4.67. The molecule has 1 N–H and O–H groups in total. The number of nitrogens with one attached hydrogen (secondary N) is 1. The van der Waals surface area contributed by atoms with Crippen molar-refractivity contribution in [1.29, 1.82) is 0 Å². The van der Waals surface area contributed by atoms with Crippen molar-refractivity contribution in [1.82, 2.24) is 0 Å². The molecule has 46 heavy (non-hydrogen) atoms. The van der Waals surface area contributed by atoms with Gasteiger partial charge in [0, 0.05) is 5.69 Å². The van der Waals surface area contributed by atoms with Crippen molar-refractivity contribution in [2.75, 3.05) is 23.4 Å². The van der Waals surface area contributed by atoms with Crippen LogP contribution in [0.3, 0.4) is 0 Å². The summed E-state index contributed by atoms with van der Waals surface area (Å²) in [6.07, 6.45) is 3.62. The molecule has 0 aliphatic carbocycles. The largest absolute Gasteiger partial charge is 0.490 e. The highest BCUT2D eigenvalue weighted by atomic mass is 79.9. The van der Waals surface area contributed by atoms with Crippen molar-refractivity contribution in [3.63, 3.8) is 0 Å². The van der Waals surface area contributed by atoms with E-state index in [9.17, 15) is 14.0 Å². The number of carbonyl (C=O) groups is 2. The third-order valence-electron chi connectivity index (χ3n) is 7.08. The van der Waals surface area contributed by atoms with Crippen LogP contribution in [0.5, 0.6) is 11.5 Å². The lowest BCUT2D eigenvalue weighted by molar-refractivity contribution is -0.118. The molecule has 1 aliphatic rings. The van der Waals surface area contributed by atoms with E-state index < -0.39 is 11.7 Å². The topological polar surface area (TPSA) is 80.2 Å². The Morgan fingerprint density at radius 3 is 2.22 bits per heavy atom. The molecule has 7 nitrogen and oxygen atoms in total. The van der Waals surface area contributed by atoms with Gasteiger partial charge in [0.1, 0.15) is 5.82 Å². The Balaban J connectivity index is 1.42. The van der Waals surface area contributed by atoms with Crippen molar-refractivity contribution in [2.24, 2.45) is 4.99 Å². The maximum absolute atomic E-state index is 13.9. The summed E-state index contributed by atoms with van der Waals surface area (Å²) >= 11 is 4.85. The predicted molar refractivity (Wildman–Crippen MR) is 188 cm³/mol. The number of anilines is 2. The van der Waals surface area contributed by atoms with E-state index in [-0.39, 0.29) is 12.5 Å². The number of halogens is 2. The van der Waals surface area contributed by atoms with E-state index >= 15 is 0 Å². The van der Waals surface area contributed by atoms with E-state index in [2.05, 4.69) is 35.1 Å². The Hall–Kier alpha value is -4.41. The number of benzene rings is 4. The van der Waals surface area contributed by atoms with Crippen molar-refractivity contribution >= 4 is 67.8 Å². The number of carbonyl (C=O) groups excluding carboxylic acids is 2. The molecule has 236 valence electrons. The number of aryl methyl sites for hydroxylation is 2. The Kier molecular flexibility index (Phi) is 10.9. The van der Waals surface area contributed by atoms with E-state index in [0.717, 1.165) is 24.2 Å². The van der Waals surface area contributed by atoms with Gasteiger partial charge in [-0.2, -0.15) is 0 Å². The van der Waals surface area contributed by atoms with Crippen LogP contribution in [0.15, 0.2) is 99.3 Å². The van der Waals surface area contributed by atoms with Crippen LogP contribution in [0.25, 0.3) is 6.08 Å². The zero-order valence-electron chi connectivity index (χ0n) is 25.7. The SMILES string of the molecule is CCOc1cc(/C=C2\SC(=Nc3ccc(CC)cc3)N(c3ccc(CC)cc3)C2=O)cc(Br)c1OCC(=O)Nc1ccc(F)cc1. The molecule has 1 fully saturated rings. The predicted octanol–water partition coefficient (Wildman–Crippen LogP) is 8.94. The highest BCUT2D eigenvalue weighted by molar-refractivity contribution is 9.10. The number of thioether (sulfide) groups is 1. The average Bonchev–Trinajstić information content (AvgIpc) is 3.35. The molecule has 0 saturated carbocycles. The van der Waals surface area contributed by atoms with E-state index in [1.54, 1.807) is 23.1 Å². The smallest absolute Gasteiger partial charge is 0.271 e. The first-order valence-electron chi connectivity index (χ1n) is 14.9. The lowest BCUT2D eigenvalue weighted by Crippen LogP contribution is -2.28. The number of aliphatic imine (C=N–C) groups is 1. The molecule has 0 radical (unpaired) electrons. The van der Waals surface area contributed by atoms with Gasteiger partial charge in [0.2, 0.25) is 0 Å². The van der Waals surface area contributed by atoms with Crippen molar-refractivity contribution in [3.8, 4) is 11.5 Å². The molecule has 0 unspecified atom stereocenters. The fourth-order valence-corrected chi connectivity index (χ4v) is 6.24. The third kappa shape index (κ3) is 8.05. The normalized spacial score (nSPS) is 14.6. The van der Waals surface area contributed by atoms with Crippen molar-refractivity contribution < 1.29 is 23.5 Å². The van der Waals surface area contributed by atoms with E-state index in [4.69, 9.17) is 14.5 Å². The monoisotopic (exact) mass is 701 g/mol. The second kappa shape index (κ2) is 15.2. The first-order chi connectivity index (χ1) is 22.3. The molecule has 0 bridgehead atoms. The van der Waals surface area contributed by atoms with Gasteiger partial charge >= 0.3 is 0 Å². The van der Waals surface area contributed by atoms with Crippen LogP contribution in [-0.2, 0) is 22.4 Å². The van der Waals surface area contributed by atoms with Crippen molar-refractivity contribution in [2.45, 2.75) is 33.6 Å². The molecule has 1 heterocycles. The summed E-state index contributed by atoms with van der Waals surface area (Å²) in [7, 11) is 0. The molecule has 4 aromatic rings. The average molecular weight is 703 g/mol. The zero-order valence-corrected chi connectivity index (χ0v) is 28.1. The molecular weight excluding hydrogens is 669 g/mol. The van der Waals surface area contributed by atoms with Gasteiger partial charge in [-0.15, -0.1) is 0 Å². The molecule has 0 spiro atoms. The number of amides is 2. The maximum Gasteiger partial charge on any atom is 0.271 e. The maximum atomic E-state index is 13.9. The van der Waals surface area contributed by atoms with E-state index in [1.165, 1.54) is 47.2 Å². The first kappa shape index (κ1) is 33.0. The van der Waals surface area contributed by atoms with Crippen LogP contribution in [0.1, 0.15) is 37.5 Å². The third-order valence-corrected chi connectivity index (χ3v) is 8.64. The van der Waals surface area contributed by atoms with Gasteiger partial charge in [0.05, 0.1) is 27.4 Å². The van der Waals surface area contributed by atoms with Gasteiger partial charge < -0.3 is 14.8 Å². The van der Waals surface area contributed by atoms with Crippen LogP contribution in [0.4, 0.5) is 21.5 Å². The number of amidine groups is 1. The number of nitrogens with zero attached hydrogens (tertiary/aromatic N) is 2. The summed E-state index contributed by atoms with van der Waals surface area (Å²) in [6.45, 7) is 6.10. The minimum absolute atomic E-state index is 0.190. The first-order valence-corrected chi connectivity index (χ1v) is 16.5. The molecule has 5 rings (SSSR count). The quantitative estimate of drug-likeness (QED) is 0.158. The molecule has 1 saturated heterocycles. The standard InChI is InChI=1S/C36H33BrFN3O4S/c1-4-23-7-13-28(14-8-23)40-36-41(29-17-9-24(5-2)10-18-29)35(43)32(46-36)21-25-19-30(37)34(31(20-25)44-6-3)45-22-33(42)39-27-15-11-26(38)12-16-27/h7-21H,4-6,22H2,1-3H3,(H,39,42)/b32-21-,40-36?. The highest BCUT2D eigenvalue weighted by Crippen LogP contribution is 2.41. The Bertz CT molecular complexity index is 1780. The summed E-state index contributed by atoms with van der Waals surface area (Å²) in [4.78, 5) is 33.4. The van der Waals surface area contributed by atoms with Gasteiger partial charge in [-0.3, -0.25) is 14.5 Å².